The van der Waals surface area contributed by atoms with E-state index in [4.69, 9.17) is 11.6 Å². The van der Waals surface area contributed by atoms with Crippen LogP contribution in [-0.4, -0.2) is 18.9 Å². The minimum atomic E-state index is -3.66. The highest BCUT2D eigenvalue weighted by Crippen LogP contribution is 2.45. The molecule has 5 unspecified atom stereocenters. The predicted molar refractivity (Wildman–Crippen MR) is 121 cm³/mol. The fraction of sp³-hybridized carbons (Fsp3) is 0.520. The fourth-order valence-corrected chi connectivity index (χ4v) is 4.90. The second-order valence-electron chi connectivity index (χ2n) is 9.05. The number of hydrogen-bond donors (Lipinski definition) is 1. The summed E-state index contributed by atoms with van der Waals surface area (Å²) in [5, 5.41) is 3.98. The lowest BCUT2D eigenvalue weighted by molar-refractivity contribution is -0.286. The molecule has 1 N–H and O–H groups in total. The molecule has 31 heavy (non-hydrogen) atoms. The van der Waals surface area contributed by atoms with Gasteiger partial charge in [0.25, 0.3) is 0 Å². The van der Waals surface area contributed by atoms with Crippen LogP contribution in [-0.2, 0) is 0 Å². The van der Waals surface area contributed by atoms with Crippen molar-refractivity contribution in [2.75, 3.05) is 6.54 Å². The van der Waals surface area contributed by atoms with Crippen molar-refractivity contribution in [3.8, 4) is 11.5 Å². The maximum absolute atomic E-state index is 13.5. The summed E-state index contributed by atoms with van der Waals surface area (Å²) in [6.45, 7) is 7.36. The molecule has 2 aliphatic carbocycles. The molecule has 0 radical (unpaired) electrons. The van der Waals surface area contributed by atoms with Crippen molar-refractivity contribution in [3.63, 3.8) is 0 Å². The Kier molecular flexibility index (Phi) is 6.45. The Bertz CT molecular complexity index is 911. The Hall–Kier alpha value is -1.85. The van der Waals surface area contributed by atoms with Gasteiger partial charge in [-0.3, -0.25) is 0 Å². The van der Waals surface area contributed by atoms with Crippen LogP contribution in [0.5, 0.6) is 11.5 Å². The molecule has 5 atom stereocenters. The molecule has 0 spiro atoms. The number of nitrogens with one attached hydrogen (secondary N) is 1. The molecule has 1 heterocycles. The summed E-state index contributed by atoms with van der Waals surface area (Å²) in [5.41, 5.74) is 1.54. The van der Waals surface area contributed by atoms with Crippen LogP contribution < -0.4 is 14.8 Å². The van der Waals surface area contributed by atoms with Crippen LogP contribution in [0.2, 0.25) is 5.02 Å². The van der Waals surface area contributed by atoms with Crippen LogP contribution in [0.3, 0.4) is 0 Å². The smallest absolute Gasteiger partial charge is 0.395 e. The molecule has 3 aliphatic rings. The van der Waals surface area contributed by atoms with Gasteiger partial charge >= 0.3 is 6.29 Å². The molecule has 1 fully saturated rings. The summed E-state index contributed by atoms with van der Waals surface area (Å²) in [5.74, 6) is 2.48. The normalized spacial score (nSPS) is 27.9. The molecular formula is C25H30ClF2NO2. The van der Waals surface area contributed by atoms with Gasteiger partial charge in [-0.25, -0.2) is 0 Å². The first kappa shape index (κ1) is 22.3. The Morgan fingerprint density at radius 2 is 1.97 bits per heavy atom. The molecule has 0 saturated heterocycles. The highest BCUT2D eigenvalue weighted by molar-refractivity contribution is 6.32. The molecule has 6 heteroatoms. The van der Waals surface area contributed by atoms with Gasteiger partial charge in [0, 0.05) is 17.7 Å². The van der Waals surface area contributed by atoms with E-state index in [1.54, 1.807) is 0 Å². The Labute approximate surface area is 188 Å². The summed E-state index contributed by atoms with van der Waals surface area (Å²) in [7, 11) is 0. The molecule has 1 aromatic rings. The first-order valence-corrected chi connectivity index (χ1v) is 11.5. The molecular weight excluding hydrogens is 420 g/mol. The van der Waals surface area contributed by atoms with Crippen LogP contribution >= 0.6 is 11.6 Å². The third-order valence-corrected chi connectivity index (χ3v) is 6.91. The monoisotopic (exact) mass is 449 g/mol. The standard InChI is InChI=1S/C25H30ClF2NO2/c1-4-15(2)9-19(21-12-23-24(13-22(21)26)31-25(27,28)30-23)7-5-16(3)29-14-20-11-17-6-8-18(20)10-17/h5-9,12-13,15-18,20,29H,4,10-11,14H2,1-3H3. The quantitative estimate of drug-likeness (QED) is 0.348. The van der Waals surface area contributed by atoms with E-state index in [-0.39, 0.29) is 17.5 Å². The van der Waals surface area contributed by atoms with Gasteiger partial charge in [-0.1, -0.05) is 62.2 Å². The summed E-state index contributed by atoms with van der Waals surface area (Å²) in [4.78, 5) is 0. The van der Waals surface area contributed by atoms with Crippen LogP contribution in [0, 0.1) is 23.7 Å². The van der Waals surface area contributed by atoms with Crippen molar-refractivity contribution >= 4 is 17.2 Å². The zero-order chi connectivity index (χ0) is 22.2. The number of alkyl halides is 2. The summed E-state index contributed by atoms with van der Waals surface area (Å²) >= 11 is 6.44. The number of halogens is 3. The third-order valence-electron chi connectivity index (χ3n) is 6.59. The summed E-state index contributed by atoms with van der Waals surface area (Å²) in [6, 6.07) is 3.12. The van der Waals surface area contributed by atoms with Crippen LogP contribution in [0.15, 0.2) is 42.5 Å². The number of hydrogen-bond acceptors (Lipinski definition) is 3. The number of fused-ring (bicyclic) bond motifs is 3. The maximum Gasteiger partial charge on any atom is 0.586 e. The van der Waals surface area contributed by atoms with Gasteiger partial charge in [0.05, 0.1) is 5.02 Å². The number of rotatable bonds is 8. The first-order chi connectivity index (χ1) is 14.7. The fourth-order valence-electron chi connectivity index (χ4n) is 4.63. The zero-order valence-corrected chi connectivity index (χ0v) is 19.0. The molecule has 0 amide bonds. The highest BCUT2D eigenvalue weighted by atomic mass is 35.5. The Balaban J connectivity index is 1.48. The van der Waals surface area contributed by atoms with Crippen molar-refractivity contribution in [3.05, 3.63) is 53.1 Å². The highest BCUT2D eigenvalue weighted by Gasteiger charge is 2.44. The van der Waals surface area contributed by atoms with E-state index in [0.29, 0.717) is 22.4 Å². The van der Waals surface area contributed by atoms with Gasteiger partial charge in [0.1, 0.15) is 0 Å². The van der Waals surface area contributed by atoms with E-state index < -0.39 is 6.29 Å². The van der Waals surface area contributed by atoms with E-state index >= 15 is 0 Å². The molecule has 4 rings (SSSR count). The minimum absolute atomic E-state index is 0.00312. The van der Waals surface area contributed by atoms with Crippen LogP contribution in [0.1, 0.15) is 45.6 Å². The van der Waals surface area contributed by atoms with Crippen molar-refractivity contribution in [1.29, 1.82) is 0 Å². The van der Waals surface area contributed by atoms with Gasteiger partial charge in [-0.15, -0.1) is 8.78 Å². The van der Waals surface area contributed by atoms with Crippen molar-refractivity contribution in [2.45, 2.75) is 52.4 Å². The van der Waals surface area contributed by atoms with Crippen molar-refractivity contribution < 1.29 is 18.3 Å². The predicted octanol–water partition coefficient (Wildman–Crippen LogP) is 6.84. The molecule has 0 aromatic heterocycles. The van der Waals surface area contributed by atoms with Crippen LogP contribution in [0.4, 0.5) is 8.78 Å². The molecule has 1 aromatic carbocycles. The van der Waals surface area contributed by atoms with E-state index in [1.807, 2.05) is 6.08 Å². The third kappa shape index (κ3) is 5.15. The van der Waals surface area contributed by atoms with Gasteiger partial charge in [0.2, 0.25) is 0 Å². The lowest BCUT2D eigenvalue weighted by atomic mass is 9.93. The SMILES string of the molecule is CCC(C)C=C(C=CC(C)NCC1CC2C=CC1C2)c1cc2c(cc1Cl)OC(F)(F)O2. The molecule has 1 saturated carbocycles. The first-order valence-electron chi connectivity index (χ1n) is 11.2. The lowest BCUT2D eigenvalue weighted by Crippen LogP contribution is -2.31. The number of ether oxygens (including phenoxy) is 2. The maximum atomic E-state index is 13.5. The summed E-state index contributed by atoms with van der Waals surface area (Å²) in [6.07, 6.45) is 10.9. The van der Waals surface area contributed by atoms with Crippen molar-refractivity contribution in [2.24, 2.45) is 23.7 Å². The second kappa shape index (κ2) is 8.95. The largest absolute Gasteiger partial charge is 0.586 e. The van der Waals surface area contributed by atoms with Crippen molar-refractivity contribution in [1.82, 2.24) is 5.32 Å². The lowest BCUT2D eigenvalue weighted by Gasteiger charge is -2.20. The zero-order valence-electron chi connectivity index (χ0n) is 18.2. The van der Waals surface area contributed by atoms with E-state index in [0.717, 1.165) is 30.4 Å². The topological polar surface area (TPSA) is 30.5 Å². The van der Waals surface area contributed by atoms with Gasteiger partial charge in [-0.05, 0) is 61.6 Å². The summed E-state index contributed by atoms with van der Waals surface area (Å²) < 4.78 is 36.1. The van der Waals surface area contributed by atoms with E-state index in [2.05, 4.69) is 59.9 Å². The number of allylic oxidation sites excluding steroid dienone is 5. The average Bonchev–Trinajstić information content (AvgIpc) is 3.41. The molecule has 1 aliphatic heterocycles. The van der Waals surface area contributed by atoms with E-state index in [1.165, 1.54) is 25.0 Å². The molecule has 3 nitrogen and oxygen atoms in total. The minimum Gasteiger partial charge on any atom is -0.395 e. The Morgan fingerprint density at radius 1 is 1.23 bits per heavy atom. The molecule has 2 bridgehead atoms. The average molecular weight is 450 g/mol. The van der Waals surface area contributed by atoms with Gasteiger partial charge in [0.15, 0.2) is 11.5 Å². The second-order valence-corrected chi connectivity index (χ2v) is 9.46. The Morgan fingerprint density at radius 3 is 2.61 bits per heavy atom. The van der Waals surface area contributed by atoms with Gasteiger partial charge < -0.3 is 14.8 Å². The molecule has 168 valence electrons. The number of benzene rings is 1. The van der Waals surface area contributed by atoms with Gasteiger partial charge in [-0.2, -0.15) is 0 Å². The van der Waals surface area contributed by atoms with Crippen LogP contribution in [0.25, 0.3) is 5.57 Å². The van der Waals surface area contributed by atoms with E-state index in [9.17, 15) is 8.78 Å².